The molecule has 0 aliphatic heterocycles. The van der Waals surface area contributed by atoms with Crippen LogP contribution in [0.1, 0.15) is 19.3 Å². The molecule has 0 N–H and O–H groups in total. The number of carbonyl (C=O) groups excluding carboxylic acids is 2. The van der Waals surface area contributed by atoms with Crippen LogP contribution >= 0.6 is 0 Å². The van der Waals surface area contributed by atoms with Gasteiger partial charge in [-0.15, -0.1) is 5.16 Å². The van der Waals surface area contributed by atoms with E-state index < -0.39 is 14.1 Å². The topological polar surface area (TPSA) is 55.7 Å². The first-order valence-corrected chi connectivity index (χ1v) is 8.13. The summed E-state index contributed by atoms with van der Waals surface area (Å²) in [5.74, 6) is -0.802. The van der Waals surface area contributed by atoms with Crippen LogP contribution in [0, 0.1) is 0 Å². The molecule has 1 rings (SSSR count). The second kappa shape index (κ2) is 4.04. The lowest BCUT2D eigenvalue weighted by Gasteiger charge is -2.16. The lowest BCUT2D eigenvalue weighted by atomic mass is 9.96. The van der Waals surface area contributed by atoms with E-state index in [1.54, 1.807) is 0 Å². The monoisotopic (exact) mass is 213 g/mol. The molecule has 1 saturated carbocycles. The Bertz CT molecular complexity index is 291. The van der Waals surface area contributed by atoms with E-state index in [0.717, 1.165) is 0 Å². The third-order valence-corrected chi connectivity index (χ3v) is 2.40. The molecule has 0 spiro atoms. The van der Waals surface area contributed by atoms with E-state index in [-0.39, 0.29) is 5.78 Å². The number of Topliss-reactive ketones (excluding diaryl/α,β-unsaturated/α-hetero) is 2. The van der Waals surface area contributed by atoms with E-state index in [2.05, 4.69) is 5.16 Å². The highest BCUT2D eigenvalue weighted by Gasteiger charge is 2.26. The molecule has 0 aromatic heterocycles. The van der Waals surface area contributed by atoms with Crippen LogP contribution in [-0.4, -0.2) is 25.6 Å². The van der Waals surface area contributed by atoms with Crippen molar-refractivity contribution in [3.8, 4) is 0 Å². The summed E-state index contributed by atoms with van der Waals surface area (Å²) in [7, 11) is -1.74. The Morgan fingerprint density at radius 1 is 1.21 bits per heavy atom. The van der Waals surface area contributed by atoms with Crippen LogP contribution < -0.4 is 0 Å². The molecule has 1 fully saturated rings. The minimum Gasteiger partial charge on any atom is -0.455 e. The average Bonchev–Trinajstić information content (AvgIpc) is 2.06. The van der Waals surface area contributed by atoms with Crippen molar-refractivity contribution in [3.63, 3.8) is 0 Å². The zero-order valence-electron chi connectivity index (χ0n) is 8.79. The van der Waals surface area contributed by atoms with Crippen molar-refractivity contribution in [2.24, 2.45) is 5.16 Å². The summed E-state index contributed by atoms with van der Waals surface area (Å²) < 4.78 is 5.24. The Morgan fingerprint density at radius 3 is 2.43 bits per heavy atom. The summed E-state index contributed by atoms with van der Waals surface area (Å²) in [5.41, 5.74) is 0.295. The lowest BCUT2D eigenvalue weighted by Crippen LogP contribution is -2.31. The summed E-state index contributed by atoms with van der Waals surface area (Å²) in [4.78, 5) is 22.4. The summed E-state index contributed by atoms with van der Waals surface area (Å²) in [5, 5.41) is 3.79. The Hall–Kier alpha value is -0.973. The Morgan fingerprint density at radius 2 is 1.86 bits per heavy atom. The predicted octanol–water partition coefficient (Wildman–Crippen LogP) is 1.52. The van der Waals surface area contributed by atoms with Crippen LogP contribution in [0.15, 0.2) is 5.16 Å². The third-order valence-electron chi connectivity index (χ3n) is 1.76. The fourth-order valence-electron chi connectivity index (χ4n) is 1.08. The molecular formula is C9H15NO3Si. The van der Waals surface area contributed by atoms with Crippen LogP contribution in [0.4, 0.5) is 0 Å². The smallest absolute Gasteiger partial charge is 0.278 e. The maximum atomic E-state index is 11.3. The van der Waals surface area contributed by atoms with Gasteiger partial charge in [-0.25, -0.2) is 0 Å². The van der Waals surface area contributed by atoms with Gasteiger partial charge in [-0.05, 0) is 32.5 Å². The molecule has 0 atom stereocenters. The molecule has 14 heavy (non-hydrogen) atoms. The highest BCUT2D eigenvalue weighted by molar-refractivity contribution is 6.70. The maximum absolute atomic E-state index is 11.3. The van der Waals surface area contributed by atoms with Gasteiger partial charge in [0.05, 0.1) is 0 Å². The van der Waals surface area contributed by atoms with Gasteiger partial charge in [0.15, 0.2) is 0 Å². The quantitative estimate of drug-likeness (QED) is 0.397. The molecule has 0 bridgehead atoms. The van der Waals surface area contributed by atoms with Crippen LogP contribution in [0.25, 0.3) is 0 Å². The number of carbonyl (C=O) groups is 2. The summed E-state index contributed by atoms with van der Waals surface area (Å²) in [6.45, 7) is 5.94. The van der Waals surface area contributed by atoms with Gasteiger partial charge in [-0.1, -0.05) is 0 Å². The second-order valence-electron chi connectivity index (χ2n) is 4.35. The van der Waals surface area contributed by atoms with Crippen LogP contribution in [0.2, 0.25) is 19.6 Å². The van der Waals surface area contributed by atoms with Gasteiger partial charge in [0, 0.05) is 6.42 Å². The molecular weight excluding hydrogens is 198 g/mol. The van der Waals surface area contributed by atoms with Crippen molar-refractivity contribution in [3.05, 3.63) is 0 Å². The molecule has 1 aliphatic rings. The van der Waals surface area contributed by atoms with Gasteiger partial charge in [-0.3, -0.25) is 9.59 Å². The minimum absolute atomic E-state index is 0.295. The molecule has 1 aliphatic carbocycles. The zero-order valence-corrected chi connectivity index (χ0v) is 9.79. The summed E-state index contributed by atoms with van der Waals surface area (Å²) in [6, 6.07) is 0. The molecule has 0 amide bonds. The van der Waals surface area contributed by atoms with Crippen molar-refractivity contribution in [1.29, 1.82) is 0 Å². The number of oxime groups is 1. The number of hydrogen-bond acceptors (Lipinski definition) is 4. The number of rotatable bonds is 2. The molecule has 0 saturated heterocycles. The highest BCUT2D eigenvalue weighted by atomic mass is 28.4. The fourth-order valence-corrected chi connectivity index (χ4v) is 1.47. The summed E-state index contributed by atoms with van der Waals surface area (Å²) >= 11 is 0. The highest BCUT2D eigenvalue weighted by Crippen LogP contribution is 2.11. The molecule has 4 nitrogen and oxygen atoms in total. The molecule has 0 aromatic carbocycles. The fraction of sp³-hybridized carbons (Fsp3) is 0.667. The van der Waals surface area contributed by atoms with E-state index in [1.165, 1.54) is 0 Å². The van der Waals surface area contributed by atoms with Crippen molar-refractivity contribution in [2.45, 2.75) is 38.9 Å². The van der Waals surface area contributed by atoms with Crippen LogP contribution in [0.3, 0.4) is 0 Å². The minimum atomic E-state index is -1.74. The van der Waals surface area contributed by atoms with Gasteiger partial charge >= 0.3 is 0 Å². The normalized spacial score (nSPS) is 21.5. The molecule has 5 heteroatoms. The zero-order chi connectivity index (χ0) is 10.8. The molecule has 0 aromatic rings. The number of ketones is 2. The standard InChI is InChI=1S/C9H15NO3Si/c1-14(2,3)13-10-7-5-4-6-8(11)9(7)12/h4-6H2,1-3H3. The van der Waals surface area contributed by atoms with Gasteiger partial charge in [0.25, 0.3) is 8.32 Å². The van der Waals surface area contributed by atoms with Gasteiger partial charge in [0.1, 0.15) is 5.71 Å². The Balaban J connectivity index is 2.67. The first-order valence-electron chi connectivity index (χ1n) is 4.73. The van der Waals surface area contributed by atoms with Crippen molar-refractivity contribution >= 4 is 25.6 Å². The lowest BCUT2D eigenvalue weighted by molar-refractivity contribution is -0.133. The first-order chi connectivity index (χ1) is 6.40. The molecule has 78 valence electrons. The Kier molecular flexibility index (Phi) is 3.20. The average molecular weight is 213 g/mol. The predicted molar refractivity (Wildman–Crippen MR) is 55.7 cm³/mol. The van der Waals surface area contributed by atoms with Crippen molar-refractivity contribution < 1.29 is 14.1 Å². The maximum Gasteiger partial charge on any atom is 0.278 e. The van der Waals surface area contributed by atoms with Gasteiger partial charge < -0.3 is 4.53 Å². The van der Waals surface area contributed by atoms with Gasteiger partial charge in [0.2, 0.25) is 11.6 Å². The van der Waals surface area contributed by atoms with E-state index in [1.807, 2.05) is 19.6 Å². The van der Waals surface area contributed by atoms with Crippen molar-refractivity contribution in [1.82, 2.24) is 0 Å². The largest absolute Gasteiger partial charge is 0.455 e. The molecule has 0 heterocycles. The van der Waals surface area contributed by atoms with E-state index in [0.29, 0.717) is 25.0 Å². The van der Waals surface area contributed by atoms with E-state index >= 15 is 0 Å². The molecule has 0 radical (unpaired) electrons. The molecule has 0 unspecified atom stereocenters. The van der Waals surface area contributed by atoms with Gasteiger partial charge in [-0.2, -0.15) is 0 Å². The summed E-state index contributed by atoms with van der Waals surface area (Å²) in [6.07, 6.45) is 1.62. The van der Waals surface area contributed by atoms with Crippen LogP contribution in [0.5, 0.6) is 0 Å². The van der Waals surface area contributed by atoms with Crippen LogP contribution in [-0.2, 0) is 14.1 Å². The van der Waals surface area contributed by atoms with E-state index in [4.69, 9.17) is 4.53 Å². The first kappa shape index (κ1) is 11.1. The van der Waals surface area contributed by atoms with Crippen molar-refractivity contribution in [2.75, 3.05) is 0 Å². The third kappa shape index (κ3) is 3.06. The van der Waals surface area contributed by atoms with E-state index in [9.17, 15) is 9.59 Å². The SMILES string of the molecule is C[Si](C)(C)ON=C1CCCC(=O)C1=O. The second-order valence-corrected chi connectivity index (χ2v) is 8.75. The Labute approximate surface area is 84.4 Å². The number of nitrogens with zero attached hydrogens (tertiary/aromatic N) is 1. The number of hydrogen-bond donors (Lipinski definition) is 0.